The van der Waals surface area contributed by atoms with E-state index in [-0.39, 0.29) is 5.82 Å². The van der Waals surface area contributed by atoms with Crippen molar-refractivity contribution < 1.29 is 4.79 Å². The van der Waals surface area contributed by atoms with Crippen LogP contribution in [0.4, 0.5) is 0 Å². The number of nitrogens with one attached hydrogen (secondary N) is 1. The topological polar surface area (TPSA) is 98.2 Å². The van der Waals surface area contributed by atoms with Gasteiger partial charge in [0.1, 0.15) is 5.03 Å². The lowest BCUT2D eigenvalue weighted by Gasteiger charge is -1.96. The lowest BCUT2D eigenvalue weighted by Crippen LogP contribution is -2.30. The summed E-state index contributed by atoms with van der Waals surface area (Å²) < 4.78 is 1.36. The smallest absolute Gasteiger partial charge is 0.287 e. The van der Waals surface area contributed by atoms with Gasteiger partial charge in [0.15, 0.2) is 0 Å². The van der Waals surface area contributed by atoms with E-state index >= 15 is 0 Å². The van der Waals surface area contributed by atoms with Gasteiger partial charge in [-0.25, -0.2) is 10.8 Å². The molecule has 7 nitrogen and oxygen atoms in total. The Bertz CT molecular complexity index is 536. The van der Waals surface area contributed by atoms with E-state index in [2.05, 4.69) is 27.7 Å². The maximum Gasteiger partial charge on any atom is 0.304 e. The number of amides is 1. The Morgan fingerprint density at radius 3 is 3.00 bits per heavy atom. The summed E-state index contributed by atoms with van der Waals surface area (Å²) in [7, 11) is 0. The number of nitrogens with two attached hydrogens (primary N) is 1. The predicted octanol–water partition coefficient (Wildman–Crippen LogP) is -0.675. The van der Waals surface area contributed by atoms with E-state index < -0.39 is 5.91 Å². The first-order chi connectivity index (χ1) is 7.11. The molecule has 0 aliphatic heterocycles. The molecule has 0 saturated heterocycles. The van der Waals surface area contributed by atoms with Crippen LogP contribution in [0.5, 0.6) is 0 Å². The molecule has 0 atom stereocenters. The van der Waals surface area contributed by atoms with Gasteiger partial charge in [-0.3, -0.25) is 10.2 Å². The van der Waals surface area contributed by atoms with Crippen LogP contribution in [0.25, 0.3) is 5.78 Å². The molecule has 78 valence electrons. The molecule has 2 heterocycles. The van der Waals surface area contributed by atoms with Gasteiger partial charge in [-0.05, 0) is 13.0 Å². The van der Waals surface area contributed by atoms with E-state index in [0.29, 0.717) is 10.8 Å². The Labute approximate surface area is 90.1 Å². The molecule has 0 fully saturated rings. The zero-order chi connectivity index (χ0) is 11.0. The average Bonchev–Trinajstić information content (AvgIpc) is 2.60. The van der Waals surface area contributed by atoms with Gasteiger partial charge < -0.3 is 0 Å². The highest BCUT2D eigenvalue weighted by molar-refractivity contribution is 7.80. The maximum atomic E-state index is 11.2. The number of aromatic nitrogens is 4. The number of nitrogens with zero attached hydrogens (tertiary/aromatic N) is 4. The van der Waals surface area contributed by atoms with Crippen LogP contribution in [-0.2, 0) is 0 Å². The normalized spacial score (nSPS) is 10.6. The van der Waals surface area contributed by atoms with Crippen LogP contribution in [0, 0.1) is 6.92 Å². The lowest BCUT2D eigenvalue weighted by molar-refractivity contribution is 0.0943. The van der Waals surface area contributed by atoms with Crippen molar-refractivity contribution in [2.24, 2.45) is 5.84 Å². The molecule has 0 aromatic carbocycles. The second kappa shape index (κ2) is 3.48. The summed E-state index contributed by atoms with van der Waals surface area (Å²) in [6.07, 6.45) is 0. The van der Waals surface area contributed by atoms with Gasteiger partial charge in [-0.2, -0.15) is 9.50 Å². The second-order valence-electron chi connectivity index (χ2n) is 2.88. The SMILES string of the molecule is Cc1cc(S)n2nc(C(=O)NN)nc2n1. The van der Waals surface area contributed by atoms with Crippen LogP contribution in [0.2, 0.25) is 0 Å². The van der Waals surface area contributed by atoms with Gasteiger partial charge >= 0.3 is 5.91 Å². The highest BCUT2D eigenvalue weighted by atomic mass is 32.1. The number of hydrogen-bond donors (Lipinski definition) is 3. The summed E-state index contributed by atoms with van der Waals surface area (Å²) in [4.78, 5) is 19.2. The van der Waals surface area contributed by atoms with Gasteiger partial charge in [0.2, 0.25) is 5.82 Å². The van der Waals surface area contributed by atoms with Gasteiger partial charge in [0, 0.05) is 5.69 Å². The van der Waals surface area contributed by atoms with Gasteiger partial charge in [-0.15, -0.1) is 17.7 Å². The number of carbonyl (C=O) groups is 1. The second-order valence-corrected chi connectivity index (χ2v) is 3.33. The molecule has 8 heteroatoms. The summed E-state index contributed by atoms with van der Waals surface area (Å²) in [6.45, 7) is 1.80. The number of thiol groups is 1. The minimum Gasteiger partial charge on any atom is -0.287 e. The largest absolute Gasteiger partial charge is 0.304 e. The molecule has 0 spiro atoms. The van der Waals surface area contributed by atoms with Gasteiger partial charge in [-0.1, -0.05) is 0 Å². The minimum absolute atomic E-state index is 0.0362. The Hall–Kier alpha value is -1.67. The highest BCUT2D eigenvalue weighted by Gasteiger charge is 2.13. The molecular weight excluding hydrogens is 216 g/mol. The Morgan fingerprint density at radius 1 is 1.60 bits per heavy atom. The Morgan fingerprint density at radius 2 is 2.33 bits per heavy atom. The number of nitrogen functional groups attached to an aromatic ring is 1. The fourth-order valence-corrected chi connectivity index (χ4v) is 1.45. The van der Waals surface area contributed by atoms with Crippen molar-refractivity contribution in [1.82, 2.24) is 25.0 Å². The Balaban J connectivity index is 2.65. The zero-order valence-corrected chi connectivity index (χ0v) is 8.69. The molecule has 0 radical (unpaired) electrons. The van der Waals surface area contributed by atoms with Crippen molar-refractivity contribution in [3.63, 3.8) is 0 Å². The van der Waals surface area contributed by atoms with Crippen LogP contribution in [0.15, 0.2) is 11.1 Å². The number of hydrogen-bond acceptors (Lipinski definition) is 6. The van der Waals surface area contributed by atoms with Crippen LogP contribution < -0.4 is 11.3 Å². The van der Waals surface area contributed by atoms with Crippen molar-refractivity contribution >= 4 is 24.3 Å². The van der Waals surface area contributed by atoms with Crippen molar-refractivity contribution in [3.05, 3.63) is 17.6 Å². The third-order valence-electron chi connectivity index (χ3n) is 1.76. The first kappa shape index (κ1) is 9.87. The van der Waals surface area contributed by atoms with E-state index in [1.165, 1.54) is 4.52 Å². The van der Waals surface area contributed by atoms with E-state index in [4.69, 9.17) is 5.84 Å². The average molecular weight is 224 g/mol. The quantitative estimate of drug-likeness (QED) is 0.196. The zero-order valence-electron chi connectivity index (χ0n) is 7.80. The predicted molar refractivity (Wildman–Crippen MR) is 54.4 cm³/mol. The van der Waals surface area contributed by atoms with Crippen LogP contribution >= 0.6 is 12.6 Å². The van der Waals surface area contributed by atoms with E-state index in [0.717, 1.165) is 5.69 Å². The van der Waals surface area contributed by atoms with Crippen molar-refractivity contribution in [2.45, 2.75) is 11.9 Å². The van der Waals surface area contributed by atoms with Crippen molar-refractivity contribution in [1.29, 1.82) is 0 Å². The molecule has 0 aliphatic rings. The third-order valence-corrected chi connectivity index (χ3v) is 2.07. The van der Waals surface area contributed by atoms with Crippen LogP contribution in [-0.4, -0.2) is 25.5 Å². The summed E-state index contributed by atoms with van der Waals surface area (Å²) in [6, 6.07) is 1.72. The number of carbonyl (C=O) groups excluding carboxylic acids is 1. The fourth-order valence-electron chi connectivity index (χ4n) is 1.13. The molecule has 0 bridgehead atoms. The minimum atomic E-state index is -0.564. The molecule has 3 N–H and O–H groups in total. The third kappa shape index (κ3) is 1.64. The Kier molecular flexibility index (Phi) is 2.29. The molecule has 0 saturated carbocycles. The van der Waals surface area contributed by atoms with Crippen molar-refractivity contribution in [3.8, 4) is 0 Å². The molecule has 15 heavy (non-hydrogen) atoms. The van der Waals surface area contributed by atoms with Gasteiger partial charge in [0.05, 0.1) is 0 Å². The maximum absolute atomic E-state index is 11.2. The fraction of sp³-hybridized carbons (Fsp3) is 0.143. The summed E-state index contributed by atoms with van der Waals surface area (Å²) in [5, 5.41) is 4.46. The molecule has 2 rings (SSSR count). The van der Waals surface area contributed by atoms with Crippen LogP contribution in [0.1, 0.15) is 16.3 Å². The lowest BCUT2D eigenvalue weighted by atomic mass is 10.5. The first-order valence-corrected chi connectivity index (χ1v) is 4.51. The first-order valence-electron chi connectivity index (χ1n) is 4.06. The van der Waals surface area contributed by atoms with E-state index in [1.807, 2.05) is 5.43 Å². The molecule has 1 amide bonds. The van der Waals surface area contributed by atoms with Gasteiger partial charge in [0.25, 0.3) is 5.78 Å². The summed E-state index contributed by atoms with van der Waals surface area (Å²) >= 11 is 4.19. The highest BCUT2D eigenvalue weighted by Crippen LogP contribution is 2.09. The summed E-state index contributed by atoms with van der Waals surface area (Å²) in [5.41, 5.74) is 2.70. The molecule has 0 aliphatic carbocycles. The summed E-state index contributed by atoms with van der Waals surface area (Å²) in [5.74, 6) is 4.68. The number of rotatable bonds is 1. The standard InChI is InChI=1S/C7H8N6OS/c1-3-2-4(15)13-7(9-3)10-5(12-13)6(14)11-8/h2,15H,8H2,1H3,(H,11,14). The number of hydrazine groups is 1. The molecule has 0 unspecified atom stereocenters. The molecule has 2 aromatic heterocycles. The molecular formula is C7H8N6OS. The molecule has 2 aromatic rings. The number of fused-ring (bicyclic) bond motifs is 1. The van der Waals surface area contributed by atoms with Crippen molar-refractivity contribution in [2.75, 3.05) is 0 Å². The van der Waals surface area contributed by atoms with Crippen LogP contribution in [0.3, 0.4) is 0 Å². The van der Waals surface area contributed by atoms with E-state index in [9.17, 15) is 4.79 Å². The van der Waals surface area contributed by atoms with E-state index in [1.54, 1.807) is 13.0 Å². The number of aryl methyl sites for hydroxylation is 1. The monoisotopic (exact) mass is 224 g/mol.